The van der Waals surface area contributed by atoms with Gasteiger partial charge in [-0.3, -0.25) is 4.79 Å². The molecule has 3 rings (SSSR count). The smallest absolute Gasteiger partial charge is 0.293 e. The number of benzene rings is 1. The Kier molecular flexibility index (Phi) is 2.74. The largest absolute Gasteiger partial charge is 0.468 e. The van der Waals surface area contributed by atoms with Gasteiger partial charge in [0.15, 0.2) is 0 Å². The van der Waals surface area contributed by atoms with Gasteiger partial charge in [0, 0.05) is 24.7 Å². The van der Waals surface area contributed by atoms with E-state index in [9.17, 15) is 4.79 Å². The number of rotatable bonds is 2. The van der Waals surface area contributed by atoms with Crippen LogP contribution in [0.2, 0.25) is 0 Å². The van der Waals surface area contributed by atoms with Crippen molar-refractivity contribution in [1.82, 2.24) is 9.97 Å². The van der Waals surface area contributed by atoms with E-state index in [1.54, 1.807) is 18.2 Å². The molecule has 0 spiro atoms. The minimum absolute atomic E-state index is 0.170. The van der Waals surface area contributed by atoms with Crippen LogP contribution in [-0.2, 0) is 11.2 Å². The molecule has 1 N–H and O–H groups in total. The molecule has 2 heterocycles. The molecule has 2 aromatic rings. The molecule has 1 aliphatic heterocycles. The van der Waals surface area contributed by atoms with Crippen molar-refractivity contribution in [3.63, 3.8) is 0 Å². The second-order valence-electron chi connectivity index (χ2n) is 4.60. The van der Waals surface area contributed by atoms with Gasteiger partial charge >= 0.3 is 0 Å². The second-order valence-corrected chi connectivity index (χ2v) is 4.60. The Hall–Kier alpha value is -2.30. The SMILES string of the molecule is COc1ncc(-c2ccc3c(c2)CCC(=O)N3C)[nH]1. The molecule has 1 aromatic heterocycles. The van der Waals surface area contributed by atoms with Gasteiger partial charge in [-0.15, -0.1) is 0 Å². The molecule has 1 amide bonds. The van der Waals surface area contributed by atoms with Crippen molar-refractivity contribution in [3.8, 4) is 17.3 Å². The van der Waals surface area contributed by atoms with E-state index in [1.165, 1.54) is 5.56 Å². The maximum atomic E-state index is 11.6. The lowest BCUT2D eigenvalue weighted by Gasteiger charge is -2.26. The van der Waals surface area contributed by atoms with Gasteiger partial charge in [0.2, 0.25) is 5.91 Å². The second kappa shape index (κ2) is 4.42. The number of hydrogen-bond acceptors (Lipinski definition) is 3. The summed E-state index contributed by atoms with van der Waals surface area (Å²) in [6.07, 6.45) is 3.11. The van der Waals surface area contributed by atoms with E-state index in [4.69, 9.17) is 4.74 Å². The van der Waals surface area contributed by atoms with Crippen LogP contribution in [0.4, 0.5) is 5.69 Å². The molecular weight excluding hydrogens is 242 g/mol. The molecule has 0 aliphatic carbocycles. The summed E-state index contributed by atoms with van der Waals surface area (Å²) < 4.78 is 5.04. The molecule has 1 aliphatic rings. The minimum Gasteiger partial charge on any atom is -0.468 e. The van der Waals surface area contributed by atoms with Crippen LogP contribution in [0.1, 0.15) is 12.0 Å². The fourth-order valence-electron chi connectivity index (χ4n) is 2.38. The third-order valence-corrected chi connectivity index (χ3v) is 3.48. The zero-order valence-electron chi connectivity index (χ0n) is 10.9. The predicted molar refractivity (Wildman–Crippen MR) is 72.3 cm³/mol. The van der Waals surface area contributed by atoms with Crippen LogP contribution in [0, 0.1) is 0 Å². The quantitative estimate of drug-likeness (QED) is 0.895. The Bertz CT molecular complexity index is 633. The number of hydrogen-bond donors (Lipinski definition) is 1. The van der Waals surface area contributed by atoms with E-state index in [2.05, 4.69) is 16.0 Å². The van der Waals surface area contributed by atoms with Gasteiger partial charge in [0.1, 0.15) is 0 Å². The third-order valence-electron chi connectivity index (χ3n) is 3.48. The van der Waals surface area contributed by atoms with Crippen molar-refractivity contribution in [2.75, 3.05) is 19.1 Å². The average molecular weight is 257 g/mol. The number of aryl methyl sites for hydroxylation is 1. The zero-order chi connectivity index (χ0) is 13.4. The number of aromatic nitrogens is 2. The summed E-state index contributed by atoms with van der Waals surface area (Å²) in [4.78, 5) is 20.6. The average Bonchev–Trinajstić information content (AvgIpc) is 2.91. The van der Waals surface area contributed by atoms with Gasteiger partial charge in [-0.1, -0.05) is 6.07 Å². The lowest BCUT2D eigenvalue weighted by molar-refractivity contribution is -0.118. The Morgan fingerprint density at radius 2 is 2.21 bits per heavy atom. The fourth-order valence-corrected chi connectivity index (χ4v) is 2.38. The van der Waals surface area contributed by atoms with Crippen molar-refractivity contribution in [2.24, 2.45) is 0 Å². The van der Waals surface area contributed by atoms with Gasteiger partial charge in [-0.25, -0.2) is 4.98 Å². The number of H-pyrrole nitrogens is 1. The lowest BCUT2D eigenvalue weighted by Crippen LogP contribution is -2.30. The van der Waals surface area contributed by atoms with E-state index in [-0.39, 0.29) is 5.91 Å². The topological polar surface area (TPSA) is 58.2 Å². The molecule has 5 heteroatoms. The van der Waals surface area contributed by atoms with Crippen molar-refractivity contribution >= 4 is 11.6 Å². The molecule has 5 nitrogen and oxygen atoms in total. The van der Waals surface area contributed by atoms with Crippen LogP contribution < -0.4 is 9.64 Å². The standard InChI is InChI=1S/C14H15N3O2/c1-17-12-5-3-9(7-10(12)4-6-13(17)18)11-8-15-14(16-11)19-2/h3,5,7-8H,4,6H2,1-2H3,(H,15,16). The highest BCUT2D eigenvalue weighted by Crippen LogP contribution is 2.31. The molecule has 0 fully saturated rings. The number of imidazole rings is 1. The first-order valence-electron chi connectivity index (χ1n) is 6.18. The number of carbonyl (C=O) groups excluding carboxylic acids is 1. The van der Waals surface area contributed by atoms with E-state index in [1.807, 2.05) is 19.2 Å². The van der Waals surface area contributed by atoms with Crippen LogP contribution in [-0.4, -0.2) is 30.0 Å². The maximum absolute atomic E-state index is 11.6. The van der Waals surface area contributed by atoms with E-state index in [0.29, 0.717) is 12.4 Å². The molecule has 1 aromatic carbocycles. The Labute approximate surface area is 111 Å². The number of aromatic amines is 1. The molecule has 0 saturated heterocycles. The van der Waals surface area contributed by atoms with Crippen molar-refractivity contribution in [1.29, 1.82) is 0 Å². The van der Waals surface area contributed by atoms with E-state index < -0.39 is 0 Å². The van der Waals surface area contributed by atoms with Crippen LogP contribution in [0.25, 0.3) is 11.3 Å². The summed E-state index contributed by atoms with van der Waals surface area (Å²) >= 11 is 0. The number of anilines is 1. The highest BCUT2D eigenvalue weighted by atomic mass is 16.5. The highest BCUT2D eigenvalue weighted by Gasteiger charge is 2.21. The number of ether oxygens (including phenoxy) is 1. The first-order valence-corrected chi connectivity index (χ1v) is 6.18. The molecular formula is C14H15N3O2. The van der Waals surface area contributed by atoms with Gasteiger partial charge in [-0.05, 0) is 24.1 Å². The third kappa shape index (κ3) is 1.97. The number of methoxy groups -OCH3 is 1. The van der Waals surface area contributed by atoms with Crippen LogP contribution >= 0.6 is 0 Å². The summed E-state index contributed by atoms with van der Waals surface area (Å²) in [6.45, 7) is 0. The van der Waals surface area contributed by atoms with Crippen molar-refractivity contribution in [3.05, 3.63) is 30.0 Å². The summed E-state index contributed by atoms with van der Waals surface area (Å²) in [5.41, 5.74) is 4.15. The van der Waals surface area contributed by atoms with Crippen LogP contribution in [0.15, 0.2) is 24.4 Å². The first kappa shape index (κ1) is 11.8. The predicted octanol–water partition coefficient (Wildman–Crippen LogP) is 1.99. The Morgan fingerprint density at radius 1 is 1.37 bits per heavy atom. The molecule has 0 unspecified atom stereocenters. The molecule has 0 saturated carbocycles. The summed E-state index contributed by atoms with van der Waals surface area (Å²) in [7, 11) is 3.40. The number of nitrogens with one attached hydrogen (secondary N) is 1. The lowest BCUT2D eigenvalue weighted by atomic mass is 9.98. The summed E-state index contributed by atoms with van der Waals surface area (Å²) in [6, 6.07) is 6.57. The molecule has 0 radical (unpaired) electrons. The van der Waals surface area contributed by atoms with E-state index >= 15 is 0 Å². The number of fused-ring (bicyclic) bond motifs is 1. The van der Waals surface area contributed by atoms with Crippen molar-refractivity contribution < 1.29 is 9.53 Å². The number of carbonyl (C=O) groups is 1. The Morgan fingerprint density at radius 3 is 2.95 bits per heavy atom. The van der Waals surface area contributed by atoms with Gasteiger partial charge in [0.25, 0.3) is 6.01 Å². The van der Waals surface area contributed by atoms with Crippen LogP contribution in [0.3, 0.4) is 0 Å². The Balaban J connectivity index is 1.99. The molecule has 19 heavy (non-hydrogen) atoms. The number of amides is 1. The highest BCUT2D eigenvalue weighted by molar-refractivity contribution is 5.96. The minimum atomic E-state index is 0.170. The number of nitrogens with zero attached hydrogens (tertiary/aromatic N) is 2. The first-order chi connectivity index (χ1) is 9.19. The van der Waals surface area contributed by atoms with Crippen LogP contribution in [0.5, 0.6) is 6.01 Å². The normalized spacial score (nSPS) is 14.4. The van der Waals surface area contributed by atoms with Crippen molar-refractivity contribution in [2.45, 2.75) is 12.8 Å². The zero-order valence-corrected chi connectivity index (χ0v) is 10.9. The fraction of sp³-hybridized carbons (Fsp3) is 0.286. The molecule has 0 atom stereocenters. The molecule has 98 valence electrons. The monoisotopic (exact) mass is 257 g/mol. The van der Waals surface area contributed by atoms with E-state index in [0.717, 1.165) is 23.4 Å². The van der Waals surface area contributed by atoms with Gasteiger partial charge in [-0.2, -0.15) is 0 Å². The van der Waals surface area contributed by atoms with Gasteiger partial charge in [0.05, 0.1) is 19.0 Å². The summed E-state index contributed by atoms with van der Waals surface area (Å²) in [5.74, 6) is 0.170. The summed E-state index contributed by atoms with van der Waals surface area (Å²) in [5, 5.41) is 0. The maximum Gasteiger partial charge on any atom is 0.293 e. The van der Waals surface area contributed by atoms with Gasteiger partial charge < -0.3 is 14.6 Å². The molecule has 0 bridgehead atoms.